The number of benzene rings is 3. The number of carbonyl (C=O) groups excluding carboxylic acids is 2. The number of ether oxygens (including phenoxy) is 2. The van der Waals surface area contributed by atoms with Gasteiger partial charge < -0.3 is 20.5 Å². The summed E-state index contributed by atoms with van der Waals surface area (Å²) in [6.07, 6.45) is 1.60. The van der Waals surface area contributed by atoms with Crippen molar-refractivity contribution in [1.82, 2.24) is 0 Å². The third-order valence-electron chi connectivity index (χ3n) is 5.73. The zero-order chi connectivity index (χ0) is 20.7. The second-order valence-electron chi connectivity index (χ2n) is 7.63. The summed E-state index contributed by atoms with van der Waals surface area (Å²) in [5, 5.41) is 3.03. The Morgan fingerprint density at radius 3 is 2.40 bits per heavy atom. The fourth-order valence-corrected chi connectivity index (χ4v) is 3.81. The van der Waals surface area contributed by atoms with E-state index in [2.05, 4.69) is 5.32 Å². The Balaban J connectivity index is 0.00000231. The predicted molar refractivity (Wildman–Crippen MR) is 115 cm³/mol. The van der Waals surface area contributed by atoms with Crippen LogP contribution in [0.3, 0.4) is 0 Å². The van der Waals surface area contributed by atoms with Crippen molar-refractivity contribution in [3.05, 3.63) is 77.9 Å². The Kier molecular flexibility index (Phi) is 4.20. The maximum atomic E-state index is 13.0. The Morgan fingerprint density at radius 2 is 1.67 bits per heavy atom. The predicted octanol–water partition coefficient (Wildman–Crippen LogP) is 4.10. The number of rotatable bonds is 5. The van der Waals surface area contributed by atoms with Gasteiger partial charge in [0.25, 0.3) is 0 Å². The van der Waals surface area contributed by atoms with Gasteiger partial charge in [0.15, 0.2) is 11.5 Å². The van der Waals surface area contributed by atoms with E-state index >= 15 is 0 Å². The number of fused-ring (bicyclic) bond motifs is 1. The molecule has 0 radical (unpaired) electrons. The van der Waals surface area contributed by atoms with Crippen LogP contribution in [0.1, 0.15) is 30.2 Å². The van der Waals surface area contributed by atoms with Crippen LogP contribution < -0.4 is 20.5 Å². The third kappa shape index (κ3) is 3.16. The molecule has 1 aliphatic carbocycles. The maximum Gasteiger partial charge on any atom is 0.248 e. The lowest BCUT2D eigenvalue weighted by molar-refractivity contribution is -0.118. The molecule has 5 rings (SSSR count). The first-order chi connectivity index (χ1) is 14.5. The summed E-state index contributed by atoms with van der Waals surface area (Å²) in [4.78, 5) is 24.4. The summed E-state index contributed by atoms with van der Waals surface area (Å²) >= 11 is 0. The van der Waals surface area contributed by atoms with E-state index < -0.39 is 11.3 Å². The second kappa shape index (κ2) is 6.91. The van der Waals surface area contributed by atoms with Gasteiger partial charge in [0, 0.05) is 12.7 Å². The van der Waals surface area contributed by atoms with Crippen LogP contribution in [0, 0.1) is 0 Å². The number of amides is 2. The summed E-state index contributed by atoms with van der Waals surface area (Å²) in [6.45, 7) is 0.215. The monoisotopic (exact) mass is 402 g/mol. The fourth-order valence-electron chi connectivity index (χ4n) is 3.81. The molecule has 1 heterocycles. The van der Waals surface area contributed by atoms with Crippen LogP contribution in [0.25, 0.3) is 11.1 Å². The highest BCUT2D eigenvalue weighted by Gasteiger charge is 2.51. The first-order valence-corrected chi connectivity index (χ1v) is 9.77. The second-order valence-corrected chi connectivity index (χ2v) is 7.63. The summed E-state index contributed by atoms with van der Waals surface area (Å²) < 4.78 is 10.8. The summed E-state index contributed by atoms with van der Waals surface area (Å²) in [7, 11) is 0. The Labute approximate surface area is 175 Å². The summed E-state index contributed by atoms with van der Waals surface area (Å²) in [5.41, 5.74) is 8.81. The molecule has 0 bridgehead atoms. The largest absolute Gasteiger partial charge is 0.454 e. The quantitative estimate of drug-likeness (QED) is 0.672. The Morgan fingerprint density at radius 1 is 0.900 bits per heavy atom. The molecule has 1 fully saturated rings. The fraction of sp³-hybridized carbons (Fsp3) is 0.167. The van der Waals surface area contributed by atoms with Gasteiger partial charge in [-0.25, -0.2) is 0 Å². The van der Waals surface area contributed by atoms with E-state index in [0.717, 1.165) is 35.2 Å². The normalized spacial score (nSPS) is 15.5. The number of anilines is 1. The van der Waals surface area contributed by atoms with Crippen molar-refractivity contribution in [2.45, 2.75) is 18.3 Å². The van der Waals surface area contributed by atoms with E-state index in [4.69, 9.17) is 15.2 Å². The van der Waals surface area contributed by atoms with Crippen molar-refractivity contribution >= 4 is 17.5 Å². The van der Waals surface area contributed by atoms with Crippen LogP contribution in [0.5, 0.6) is 11.5 Å². The smallest absolute Gasteiger partial charge is 0.248 e. The molecule has 152 valence electrons. The zero-order valence-electron chi connectivity index (χ0n) is 16.2. The lowest BCUT2D eigenvalue weighted by Crippen LogP contribution is -2.27. The molecule has 6 heteroatoms. The van der Waals surface area contributed by atoms with Crippen molar-refractivity contribution in [2.75, 3.05) is 12.1 Å². The van der Waals surface area contributed by atoms with Crippen molar-refractivity contribution < 1.29 is 20.5 Å². The van der Waals surface area contributed by atoms with E-state index in [1.54, 1.807) is 18.2 Å². The van der Waals surface area contributed by atoms with Gasteiger partial charge >= 0.3 is 0 Å². The molecular formula is C24H22N2O4. The average Bonchev–Trinajstić information content (AvgIpc) is 3.45. The minimum absolute atomic E-state index is 0. The molecule has 2 aliphatic rings. The molecule has 1 aliphatic heterocycles. The number of nitrogens with two attached hydrogens (primary N) is 1. The van der Waals surface area contributed by atoms with Crippen LogP contribution in [0.4, 0.5) is 5.69 Å². The molecule has 0 atom stereocenters. The molecule has 3 N–H and O–H groups in total. The van der Waals surface area contributed by atoms with Gasteiger partial charge in [0.1, 0.15) is 0 Å². The van der Waals surface area contributed by atoms with Crippen LogP contribution >= 0.6 is 0 Å². The van der Waals surface area contributed by atoms with Crippen molar-refractivity contribution in [3.63, 3.8) is 0 Å². The van der Waals surface area contributed by atoms with Gasteiger partial charge in [0.2, 0.25) is 18.6 Å². The summed E-state index contributed by atoms with van der Waals surface area (Å²) in [5.74, 6) is 0.920. The number of carbonyl (C=O) groups is 2. The Bertz CT molecular complexity index is 1160. The highest BCUT2D eigenvalue weighted by molar-refractivity contribution is 6.01. The van der Waals surface area contributed by atoms with E-state index in [9.17, 15) is 9.59 Å². The zero-order valence-corrected chi connectivity index (χ0v) is 16.2. The van der Waals surface area contributed by atoms with Gasteiger partial charge in [-0.15, -0.1) is 0 Å². The van der Waals surface area contributed by atoms with E-state index in [1.165, 1.54) is 0 Å². The van der Waals surface area contributed by atoms with Crippen LogP contribution in [-0.2, 0) is 10.2 Å². The van der Waals surface area contributed by atoms with E-state index in [1.807, 2.05) is 48.5 Å². The molecule has 0 saturated heterocycles. The van der Waals surface area contributed by atoms with Gasteiger partial charge in [-0.05, 0) is 65.9 Å². The lowest BCUT2D eigenvalue weighted by Gasteiger charge is -2.16. The van der Waals surface area contributed by atoms with Crippen LogP contribution in [0.2, 0.25) is 0 Å². The van der Waals surface area contributed by atoms with Crippen molar-refractivity contribution in [3.8, 4) is 22.6 Å². The number of primary amides is 1. The first-order valence-electron chi connectivity index (χ1n) is 9.77. The average molecular weight is 402 g/mol. The third-order valence-corrected chi connectivity index (χ3v) is 5.73. The molecule has 2 amide bonds. The Hall–Kier alpha value is -3.80. The molecule has 0 spiro atoms. The van der Waals surface area contributed by atoms with E-state index in [-0.39, 0.29) is 14.1 Å². The molecule has 6 nitrogen and oxygen atoms in total. The first kappa shape index (κ1) is 18.2. The minimum Gasteiger partial charge on any atom is -0.454 e. The topological polar surface area (TPSA) is 90.7 Å². The van der Waals surface area contributed by atoms with Crippen LogP contribution in [-0.4, -0.2) is 18.6 Å². The maximum absolute atomic E-state index is 13.0. The molecule has 0 unspecified atom stereocenters. The SMILES string of the molecule is NC(=O)c1cccc(-c2ccc(NC(=O)C3(c4ccc5c(c4)OCO5)CC3)cc2)c1.[HH]. The lowest BCUT2D eigenvalue weighted by atomic mass is 9.94. The summed E-state index contributed by atoms with van der Waals surface area (Å²) in [6, 6.07) is 20.4. The molecule has 3 aromatic carbocycles. The molecular weight excluding hydrogens is 380 g/mol. The highest BCUT2D eigenvalue weighted by atomic mass is 16.7. The molecule has 3 aromatic rings. The molecule has 30 heavy (non-hydrogen) atoms. The molecule has 1 saturated carbocycles. The van der Waals surface area contributed by atoms with Gasteiger partial charge in [-0.3, -0.25) is 9.59 Å². The van der Waals surface area contributed by atoms with Gasteiger partial charge in [0.05, 0.1) is 5.41 Å². The van der Waals surface area contributed by atoms with Gasteiger partial charge in [-0.1, -0.05) is 30.3 Å². The number of hydrogen-bond acceptors (Lipinski definition) is 4. The highest BCUT2D eigenvalue weighted by Crippen LogP contribution is 2.51. The van der Waals surface area contributed by atoms with Gasteiger partial charge in [-0.2, -0.15) is 0 Å². The van der Waals surface area contributed by atoms with E-state index in [0.29, 0.717) is 17.1 Å². The van der Waals surface area contributed by atoms with Crippen molar-refractivity contribution in [1.29, 1.82) is 0 Å². The number of nitrogens with one attached hydrogen (secondary N) is 1. The standard InChI is InChI=1S/C24H20N2O4.H2/c25-22(27)17-3-1-2-16(12-17)15-4-7-19(8-5-15)26-23(28)24(10-11-24)18-6-9-20-21(13-18)30-14-29-20;/h1-9,12-13H,10-11,14H2,(H2,25,27)(H,26,28);1H. The molecule has 0 aromatic heterocycles. The number of hydrogen-bond donors (Lipinski definition) is 2. The van der Waals surface area contributed by atoms with Crippen molar-refractivity contribution in [2.24, 2.45) is 5.73 Å². The van der Waals surface area contributed by atoms with Crippen LogP contribution in [0.15, 0.2) is 66.7 Å². The minimum atomic E-state index is -0.518.